The van der Waals surface area contributed by atoms with Gasteiger partial charge >= 0.3 is 0 Å². The molecule has 1 unspecified atom stereocenters. The number of guanidine groups is 1. The first kappa shape index (κ1) is 23.4. The molecule has 0 radical (unpaired) electrons. The van der Waals surface area contributed by atoms with Crippen LogP contribution in [-0.2, 0) is 4.74 Å². The van der Waals surface area contributed by atoms with Gasteiger partial charge in [0.05, 0.1) is 25.4 Å². The summed E-state index contributed by atoms with van der Waals surface area (Å²) in [5, 5.41) is 17.4. The minimum absolute atomic E-state index is 0.356. The van der Waals surface area contributed by atoms with Crippen LogP contribution in [0.2, 0.25) is 0 Å². The van der Waals surface area contributed by atoms with E-state index >= 15 is 0 Å². The largest absolute Gasteiger partial charge is 0.387 e. The van der Waals surface area contributed by atoms with Crippen LogP contribution in [0, 0.1) is 6.92 Å². The van der Waals surface area contributed by atoms with Gasteiger partial charge in [-0.3, -0.25) is 9.89 Å². The average Bonchev–Trinajstić information content (AvgIpc) is 2.70. The smallest absolute Gasteiger partial charge is 0.191 e. The van der Waals surface area contributed by atoms with Crippen LogP contribution in [0.4, 0.5) is 5.69 Å². The van der Waals surface area contributed by atoms with Crippen molar-refractivity contribution in [3.05, 3.63) is 29.8 Å². The third kappa shape index (κ3) is 8.60. The number of anilines is 1. The van der Waals surface area contributed by atoms with Gasteiger partial charge in [-0.15, -0.1) is 0 Å². The molecule has 1 aliphatic rings. The molecular weight excluding hydrogens is 366 g/mol. The molecule has 1 aromatic rings. The number of ether oxygens (including phenoxy) is 1. The molecule has 1 aromatic carbocycles. The number of β-amino-alcohol motifs (C(OH)–C–C–N with tert-alkyl or cyclic N) is 1. The van der Waals surface area contributed by atoms with Crippen molar-refractivity contribution in [2.75, 3.05) is 70.5 Å². The van der Waals surface area contributed by atoms with Gasteiger partial charge in [0.15, 0.2) is 5.96 Å². The quantitative estimate of drug-likeness (QED) is 0.404. The van der Waals surface area contributed by atoms with Crippen LogP contribution >= 0.6 is 0 Å². The Hall–Kier alpha value is -1.83. The maximum Gasteiger partial charge on any atom is 0.191 e. The maximum atomic E-state index is 10.8. The molecule has 0 aliphatic carbocycles. The van der Waals surface area contributed by atoms with Crippen LogP contribution in [0.3, 0.4) is 0 Å². The zero-order chi connectivity index (χ0) is 21.1. The van der Waals surface area contributed by atoms with Crippen LogP contribution < -0.4 is 15.5 Å². The Balaban J connectivity index is 1.85. The fraction of sp³-hybridized carbons (Fsp3) is 0.682. The maximum absolute atomic E-state index is 10.8. The van der Waals surface area contributed by atoms with E-state index in [1.807, 2.05) is 13.8 Å². The molecule has 0 amide bonds. The zero-order valence-electron chi connectivity index (χ0n) is 18.6. The summed E-state index contributed by atoms with van der Waals surface area (Å²) in [6.07, 6.45) is 0. The van der Waals surface area contributed by atoms with E-state index in [0.29, 0.717) is 13.1 Å². The molecule has 0 bridgehead atoms. The number of rotatable bonds is 10. The number of aryl methyl sites for hydroxylation is 1. The number of nitrogens with zero attached hydrogens (tertiary/aromatic N) is 3. The molecule has 7 heteroatoms. The molecular formula is C22H39N5O2. The van der Waals surface area contributed by atoms with Gasteiger partial charge in [-0.05, 0) is 45.4 Å². The lowest BCUT2D eigenvalue weighted by Gasteiger charge is -2.33. The summed E-state index contributed by atoms with van der Waals surface area (Å²) in [6.45, 7) is 15.8. The third-order valence-corrected chi connectivity index (χ3v) is 5.01. The fourth-order valence-corrected chi connectivity index (χ4v) is 3.49. The first-order valence-electron chi connectivity index (χ1n) is 10.8. The number of nitrogens with one attached hydrogen (secondary N) is 2. The average molecular weight is 406 g/mol. The molecule has 1 aliphatic heterocycles. The van der Waals surface area contributed by atoms with E-state index in [1.165, 1.54) is 11.3 Å². The molecule has 164 valence electrons. The molecule has 1 heterocycles. The minimum atomic E-state index is -0.864. The number of hydrogen-bond donors (Lipinski definition) is 3. The molecule has 3 N–H and O–H groups in total. The molecule has 2 rings (SSSR count). The van der Waals surface area contributed by atoms with Gasteiger partial charge in [0.1, 0.15) is 0 Å². The highest BCUT2D eigenvalue weighted by atomic mass is 16.5. The summed E-state index contributed by atoms with van der Waals surface area (Å²) < 4.78 is 5.38. The van der Waals surface area contributed by atoms with Crippen molar-refractivity contribution in [2.24, 2.45) is 4.99 Å². The highest BCUT2D eigenvalue weighted by Gasteiger charge is 2.25. The topological polar surface area (TPSA) is 72.4 Å². The Bertz CT molecular complexity index is 629. The van der Waals surface area contributed by atoms with E-state index in [2.05, 4.69) is 63.5 Å². The fourth-order valence-electron chi connectivity index (χ4n) is 3.49. The standard InChI is InChI=1S/C22H39N5O2/c1-5-23-21(25-17-22(4,28)18-26-12-14-29-15-13-26)24-10-11-27(6-2)20-9-7-8-19(3)16-20/h7-9,16,28H,5-6,10-15,17-18H2,1-4H3,(H2,23,24,25). The molecule has 0 aromatic heterocycles. The van der Waals surface area contributed by atoms with Gasteiger partial charge < -0.3 is 25.4 Å². The molecule has 0 spiro atoms. The van der Waals surface area contributed by atoms with E-state index in [9.17, 15) is 5.11 Å². The Kier molecular flexibility index (Phi) is 9.70. The second-order valence-corrected chi connectivity index (χ2v) is 7.93. The van der Waals surface area contributed by atoms with Crippen LogP contribution in [0.5, 0.6) is 0 Å². The number of hydrogen-bond acceptors (Lipinski definition) is 5. The van der Waals surface area contributed by atoms with Gasteiger partial charge in [-0.25, -0.2) is 0 Å². The molecule has 1 fully saturated rings. The van der Waals surface area contributed by atoms with Gasteiger partial charge in [0, 0.05) is 51.5 Å². The summed E-state index contributed by atoms with van der Waals surface area (Å²) in [4.78, 5) is 9.21. The van der Waals surface area contributed by atoms with E-state index < -0.39 is 5.60 Å². The zero-order valence-corrected chi connectivity index (χ0v) is 18.6. The van der Waals surface area contributed by atoms with Crippen molar-refractivity contribution in [1.29, 1.82) is 0 Å². The SMILES string of the molecule is CCNC(=NCC(C)(O)CN1CCOCC1)NCCN(CC)c1cccc(C)c1. The minimum Gasteiger partial charge on any atom is -0.387 e. The van der Waals surface area contributed by atoms with Crippen molar-refractivity contribution in [3.8, 4) is 0 Å². The number of likely N-dealkylation sites (N-methyl/N-ethyl adjacent to an activating group) is 1. The summed E-state index contributed by atoms with van der Waals surface area (Å²) in [6, 6.07) is 8.58. The van der Waals surface area contributed by atoms with E-state index in [0.717, 1.165) is 58.4 Å². The van der Waals surface area contributed by atoms with E-state index in [4.69, 9.17) is 4.74 Å². The van der Waals surface area contributed by atoms with Crippen molar-refractivity contribution < 1.29 is 9.84 Å². The van der Waals surface area contributed by atoms with Crippen molar-refractivity contribution in [3.63, 3.8) is 0 Å². The van der Waals surface area contributed by atoms with Gasteiger partial charge in [-0.2, -0.15) is 0 Å². The molecule has 29 heavy (non-hydrogen) atoms. The summed E-state index contributed by atoms with van der Waals surface area (Å²) in [5.74, 6) is 0.745. The van der Waals surface area contributed by atoms with Crippen LogP contribution in [0.1, 0.15) is 26.3 Å². The lowest BCUT2D eigenvalue weighted by molar-refractivity contribution is -0.0179. The Morgan fingerprint density at radius 3 is 2.69 bits per heavy atom. The number of morpholine rings is 1. The first-order valence-corrected chi connectivity index (χ1v) is 10.8. The molecule has 1 atom stereocenters. The third-order valence-electron chi connectivity index (χ3n) is 5.01. The van der Waals surface area contributed by atoms with E-state index in [1.54, 1.807) is 0 Å². The number of aliphatic imine (C=N–C) groups is 1. The van der Waals surface area contributed by atoms with Crippen LogP contribution in [0.15, 0.2) is 29.3 Å². The normalized spacial score (nSPS) is 17.6. The Morgan fingerprint density at radius 1 is 1.28 bits per heavy atom. The predicted molar refractivity (Wildman–Crippen MR) is 121 cm³/mol. The summed E-state index contributed by atoms with van der Waals surface area (Å²) >= 11 is 0. The van der Waals surface area contributed by atoms with Gasteiger partial charge in [-0.1, -0.05) is 12.1 Å². The van der Waals surface area contributed by atoms with Crippen LogP contribution in [-0.4, -0.2) is 87.1 Å². The van der Waals surface area contributed by atoms with Crippen molar-refractivity contribution >= 4 is 11.6 Å². The molecule has 1 saturated heterocycles. The number of aliphatic hydroxyl groups is 1. The predicted octanol–water partition coefficient (Wildman–Crippen LogP) is 1.46. The van der Waals surface area contributed by atoms with Crippen LogP contribution in [0.25, 0.3) is 0 Å². The second-order valence-electron chi connectivity index (χ2n) is 7.93. The van der Waals surface area contributed by atoms with Crippen molar-refractivity contribution in [1.82, 2.24) is 15.5 Å². The lowest BCUT2D eigenvalue weighted by atomic mass is 10.1. The van der Waals surface area contributed by atoms with E-state index in [-0.39, 0.29) is 0 Å². The molecule has 7 nitrogen and oxygen atoms in total. The lowest BCUT2D eigenvalue weighted by Crippen LogP contribution is -2.48. The summed E-state index contributed by atoms with van der Waals surface area (Å²) in [5.41, 5.74) is 1.65. The summed E-state index contributed by atoms with van der Waals surface area (Å²) in [7, 11) is 0. The highest BCUT2D eigenvalue weighted by molar-refractivity contribution is 5.79. The highest BCUT2D eigenvalue weighted by Crippen LogP contribution is 2.15. The second kappa shape index (κ2) is 12.0. The van der Waals surface area contributed by atoms with Crippen molar-refractivity contribution in [2.45, 2.75) is 33.3 Å². The van der Waals surface area contributed by atoms with Gasteiger partial charge in [0.25, 0.3) is 0 Å². The Labute approximate surface area is 176 Å². The number of benzene rings is 1. The monoisotopic (exact) mass is 405 g/mol. The van der Waals surface area contributed by atoms with Gasteiger partial charge in [0.2, 0.25) is 0 Å². The molecule has 0 saturated carbocycles. The first-order chi connectivity index (χ1) is 13.9. The Morgan fingerprint density at radius 2 is 2.03 bits per heavy atom.